The van der Waals surface area contributed by atoms with Crippen molar-refractivity contribution in [2.24, 2.45) is 0 Å². The standard InChI is InChI=1S/C21H27NO2/c23-21(15-14-20-13-7-17-24-20)22-16-5-4-11-19(22)12-6-10-18-8-2-1-3-9-18/h1-3,7-9,13,17,19H,4-6,10-12,14-16H2/t19-/m0/s1. The van der Waals surface area contributed by atoms with Gasteiger partial charge in [-0.15, -0.1) is 0 Å². The number of piperidine rings is 1. The summed E-state index contributed by atoms with van der Waals surface area (Å²) in [5.41, 5.74) is 1.39. The van der Waals surface area contributed by atoms with Gasteiger partial charge in [0.25, 0.3) is 0 Å². The Morgan fingerprint density at radius 1 is 1.08 bits per heavy atom. The molecule has 128 valence electrons. The minimum atomic E-state index is 0.288. The molecule has 2 aromatic rings. The van der Waals surface area contributed by atoms with Gasteiger partial charge >= 0.3 is 0 Å². The molecule has 0 saturated carbocycles. The number of carbonyl (C=O) groups excluding carboxylic acids is 1. The molecule has 1 saturated heterocycles. The normalized spacial score (nSPS) is 17.8. The second kappa shape index (κ2) is 8.72. The first-order valence-electron chi connectivity index (χ1n) is 9.19. The number of likely N-dealkylation sites (tertiary alicyclic amines) is 1. The van der Waals surface area contributed by atoms with Crippen LogP contribution < -0.4 is 0 Å². The predicted octanol–water partition coefficient (Wildman–Crippen LogP) is 4.62. The van der Waals surface area contributed by atoms with Gasteiger partial charge in [0.15, 0.2) is 0 Å². The van der Waals surface area contributed by atoms with Crippen molar-refractivity contribution in [3.8, 4) is 0 Å². The van der Waals surface area contributed by atoms with Crippen LogP contribution in [0.25, 0.3) is 0 Å². The molecule has 0 aliphatic carbocycles. The summed E-state index contributed by atoms with van der Waals surface area (Å²) < 4.78 is 5.34. The van der Waals surface area contributed by atoms with E-state index in [9.17, 15) is 4.79 Å². The summed E-state index contributed by atoms with van der Waals surface area (Å²) in [6.07, 6.45) is 9.85. The summed E-state index contributed by atoms with van der Waals surface area (Å²) in [5, 5.41) is 0. The molecule has 24 heavy (non-hydrogen) atoms. The van der Waals surface area contributed by atoms with E-state index in [4.69, 9.17) is 4.42 Å². The topological polar surface area (TPSA) is 33.5 Å². The molecule has 3 nitrogen and oxygen atoms in total. The summed E-state index contributed by atoms with van der Waals surface area (Å²) in [4.78, 5) is 14.8. The number of carbonyl (C=O) groups is 1. The predicted molar refractivity (Wildman–Crippen MR) is 95.8 cm³/mol. The zero-order valence-electron chi connectivity index (χ0n) is 14.3. The number of furan rings is 1. The lowest BCUT2D eigenvalue weighted by atomic mass is 9.95. The van der Waals surface area contributed by atoms with Gasteiger partial charge in [-0.05, 0) is 56.2 Å². The quantitative estimate of drug-likeness (QED) is 0.744. The highest BCUT2D eigenvalue weighted by Gasteiger charge is 2.26. The smallest absolute Gasteiger partial charge is 0.223 e. The Morgan fingerprint density at radius 3 is 2.75 bits per heavy atom. The molecule has 0 spiro atoms. The number of hydrogen-bond acceptors (Lipinski definition) is 2. The summed E-state index contributed by atoms with van der Waals surface area (Å²) in [6, 6.07) is 14.9. The highest BCUT2D eigenvalue weighted by Crippen LogP contribution is 2.23. The molecule has 1 aromatic heterocycles. The van der Waals surface area contributed by atoms with Gasteiger partial charge in [0.05, 0.1) is 6.26 Å². The van der Waals surface area contributed by atoms with Crippen molar-refractivity contribution in [3.05, 3.63) is 60.1 Å². The summed E-state index contributed by atoms with van der Waals surface area (Å²) in [6.45, 7) is 0.924. The molecule has 1 aliphatic rings. The Bertz CT molecular complexity index is 606. The Morgan fingerprint density at radius 2 is 1.96 bits per heavy atom. The van der Waals surface area contributed by atoms with Gasteiger partial charge in [0, 0.05) is 25.4 Å². The third-order valence-corrected chi connectivity index (χ3v) is 4.96. The maximum Gasteiger partial charge on any atom is 0.223 e. The minimum absolute atomic E-state index is 0.288. The highest BCUT2D eigenvalue weighted by molar-refractivity contribution is 5.76. The number of rotatable bonds is 7. The fraction of sp³-hybridized carbons (Fsp3) is 0.476. The average molecular weight is 325 g/mol. The first kappa shape index (κ1) is 16.8. The number of benzene rings is 1. The van der Waals surface area contributed by atoms with Gasteiger partial charge in [-0.1, -0.05) is 30.3 Å². The molecule has 0 N–H and O–H groups in total. The van der Waals surface area contributed by atoms with Crippen LogP contribution in [0.3, 0.4) is 0 Å². The molecule has 2 heterocycles. The van der Waals surface area contributed by atoms with E-state index in [1.165, 1.54) is 12.0 Å². The third-order valence-electron chi connectivity index (χ3n) is 4.96. The molecule has 3 rings (SSSR count). The molecule has 3 heteroatoms. The van der Waals surface area contributed by atoms with Gasteiger partial charge in [-0.3, -0.25) is 4.79 Å². The van der Waals surface area contributed by atoms with E-state index in [0.717, 1.165) is 44.4 Å². The van der Waals surface area contributed by atoms with Crippen molar-refractivity contribution in [2.45, 2.75) is 57.4 Å². The van der Waals surface area contributed by atoms with Gasteiger partial charge in [-0.25, -0.2) is 0 Å². The number of hydrogen-bond donors (Lipinski definition) is 0. The van der Waals surface area contributed by atoms with Crippen molar-refractivity contribution < 1.29 is 9.21 Å². The number of amides is 1. The minimum Gasteiger partial charge on any atom is -0.469 e. The molecule has 1 fully saturated rings. The molecular weight excluding hydrogens is 298 g/mol. The summed E-state index contributed by atoms with van der Waals surface area (Å²) >= 11 is 0. The van der Waals surface area contributed by atoms with Crippen LogP contribution in [0, 0.1) is 0 Å². The number of aryl methyl sites for hydroxylation is 2. The number of nitrogens with zero attached hydrogens (tertiary/aromatic N) is 1. The SMILES string of the molecule is O=C(CCc1ccco1)N1CCCC[C@H]1CCCc1ccccc1. The van der Waals surface area contributed by atoms with Crippen LogP contribution in [0.2, 0.25) is 0 Å². The first-order valence-corrected chi connectivity index (χ1v) is 9.19. The Balaban J connectivity index is 1.48. The van der Waals surface area contributed by atoms with E-state index >= 15 is 0 Å². The molecule has 0 unspecified atom stereocenters. The largest absolute Gasteiger partial charge is 0.469 e. The lowest BCUT2D eigenvalue weighted by Crippen LogP contribution is -2.43. The maximum atomic E-state index is 12.6. The second-order valence-corrected chi connectivity index (χ2v) is 6.69. The Kier molecular flexibility index (Phi) is 6.11. The highest BCUT2D eigenvalue weighted by atomic mass is 16.3. The molecular formula is C21H27NO2. The van der Waals surface area contributed by atoms with E-state index in [2.05, 4.69) is 35.2 Å². The van der Waals surface area contributed by atoms with Crippen LogP contribution in [-0.4, -0.2) is 23.4 Å². The zero-order chi connectivity index (χ0) is 16.6. The van der Waals surface area contributed by atoms with Crippen LogP contribution in [-0.2, 0) is 17.6 Å². The third kappa shape index (κ3) is 4.73. The van der Waals surface area contributed by atoms with Crippen molar-refractivity contribution in [2.75, 3.05) is 6.54 Å². The maximum absolute atomic E-state index is 12.6. The van der Waals surface area contributed by atoms with Crippen LogP contribution in [0.4, 0.5) is 0 Å². The van der Waals surface area contributed by atoms with Crippen LogP contribution in [0.5, 0.6) is 0 Å². The van der Waals surface area contributed by atoms with Gasteiger partial charge in [0.2, 0.25) is 5.91 Å². The molecule has 0 bridgehead atoms. The van der Waals surface area contributed by atoms with Crippen molar-refractivity contribution in [1.82, 2.24) is 4.90 Å². The van der Waals surface area contributed by atoms with Crippen LogP contribution >= 0.6 is 0 Å². The summed E-state index contributed by atoms with van der Waals surface area (Å²) in [7, 11) is 0. The van der Waals surface area contributed by atoms with Crippen LogP contribution in [0.1, 0.15) is 49.8 Å². The molecule has 1 aliphatic heterocycles. The fourth-order valence-corrected chi connectivity index (χ4v) is 3.64. The molecule has 1 atom stereocenters. The van der Waals surface area contributed by atoms with Crippen LogP contribution in [0.15, 0.2) is 53.1 Å². The summed E-state index contributed by atoms with van der Waals surface area (Å²) in [5.74, 6) is 1.19. The lowest BCUT2D eigenvalue weighted by Gasteiger charge is -2.36. The first-order chi connectivity index (χ1) is 11.8. The zero-order valence-corrected chi connectivity index (χ0v) is 14.3. The van der Waals surface area contributed by atoms with Crippen molar-refractivity contribution in [3.63, 3.8) is 0 Å². The Hall–Kier alpha value is -2.03. The van der Waals surface area contributed by atoms with Gasteiger partial charge < -0.3 is 9.32 Å². The average Bonchev–Trinajstić information content (AvgIpc) is 3.15. The van der Waals surface area contributed by atoms with E-state index in [1.807, 2.05) is 12.1 Å². The van der Waals surface area contributed by atoms with E-state index in [1.54, 1.807) is 6.26 Å². The molecule has 1 aromatic carbocycles. The van der Waals surface area contributed by atoms with E-state index in [-0.39, 0.29) is 5.91 Å². The van der Waals surface area contributed by atoms with Gasteiger partial charge in [0.1, 0.15) is 5.76 Å². The fourth-order valence-electron chi connectivity index (χ4n) is 3.64. The van der Waals surface area contributed by atoms with E-state index < -0.39 is 0 Å². The van der Waals surface area contributed by atoms with Gasteiger partial charge in [-0.2, -0.15) is 0 Å². The Labute approximate surface area is 144 Å². The molecule has 1 amide bonds. The molecule has 0 radical (unpaired) electrons. The second-order valence-electron chi connectivity index (χ2n) is 6.69. The monoisotopic (exact) mass is 325 g/mol. The van der Waals surface area contributed by atoms with E-state index in [0.29, 0.717) is 18.9 Å². The van der Waals surface area contributed by atoms with Crippen molar-refractivity contribution >= 4 is 5.91 Å². The lowest BCUT2D eigenvalue weighted by molar-refractivity contribution is -0.135. The van der Waals surface area contributed by atoms with Crippen molar-refractivity contribution in [1.29, 1.82) is 0 Å².